The van der Waals surface area contributed by atoms with Crippen molar-refractivity contribution in [2.24, 2.45) is 0 Å². The number of rotatable bonds is 6. The molecule has 0 bridgehead atoms. The lowest BCUT2D eigenvalue weighted by molar-refractivity contribution is -0.156. The SMILES string of the molecule is COC(C)C(C)(C(=O)O)N(C)C(=O)OCC1c2ccccc2-c2ccccc21. The lowest BCUT2D eigenvalue weighted by Gasteiger charge is -2.38. The average Bonchev–Trinajstić information content (AvgIpc) is 3.03. The summed E-state index contributed by atoms with van der Waals surface area (Å²) in [5, 5.41) is 9.66. The topological polar surface area (TPSA) is 76.1 Å². The fourth-order valence-corrected chi connectivity index (χ4v) is 3.70. The molecule has 1 N–H and O–H groups in total. The summed E-state index contributed by atoms with van der Waals surface area (Å²) in [6.45, 7) is 3.19. The predicted molar refractivity (Wildman–Crippen MR) is 105 cm³/mol. The van der Waals surface area contributed by atoms with E-state index in [0.717, 1.165) is 27.2 Å². The lowest BCUT2D eigenvalue weighted by atomic mass is 9.94. The van der Waals surface area contributed by atoms with Crippen LogP contribution in [0.2, 0.25) is 0 Å². The van der Waals surface area contributed by atoms with Gasteiger partial charge in [-0.1, -0.05) is 48.5 Å². The molecule has 28 heavy (non-hydrogen) atoms. The summed E-state index contributed by atoms with van der Waals surface area (Å²) in [4.78, 5) is 25.6. The van der Waals surface area contributed by atoms with Crippen LogP contribution < -0.4 is 0 Å². The van der Waals surface area contributed by atoms with E-state index in [2.05, 4.69) is 12.1 Å². The van der Waals surface area contributed by atoms with E-state index in [9.17, 15) is 14.7 Å². The van der Waals surface area contributed by atoms with Crippen molar-refractivity contribution in [2.75, 3.05) is 20.8 Å². The van der Waals surface area contributed by atoms with Crippen molar-refractivity contribution in [1.29, 1.82) is 0 Å². The second kappa shape index (κ2) is 7.64. The maximum Gasteiger partial charge on any atom is 0.410 e. The number of methoxy groups -OCH3 is 1. The summed E-state index contributed by atoms with van der Waals surface area (Å²) >= 11 is 0. The van der Waals surface area contributed by atoms with Crippen molar-refractivity contribution in [1.82, 2.24) is 4.90 Å². The predicted octanol–water partition coefficient (Wildman–Crippen LogP) is 3.75. The average molecular weight is 383 g/mol. The Morgan fingerprint density at radius 1 is 1.11 bits per heavy atom. The van der Waals surface area contributed by atoms with Gasteiger partial charge in [-0.2, -0.15) is 0 Å². The summed E-state index contributed by atoms with van der Waals surface area (Å²) in [7, 11) is 2.83. The number of hydrogen-bond donors (Lipinski definition) is 1. The number of amides is 1. The molecule has 6 nitrogen and oxygen atoms in total. The number of likely N-dealkylation sites (N-methyl/N-ethyl adjacent to an activating group) is 1. The molecule has 0 saturated heterocycles. The standard InChI is InChI=1S/C22H25NO5/c1-14(27-4)22(2,20(24)25)23(3)21(26)28-13-19-17-11-7-5-9-15(17)16-10-6-8-12-18(16)19/h5-12,14,19H,13H2,1-4H3,(H,24,25). The summed E-state index contributed by atoms with van der Waals surface area (Å²) in [5.74, 6) is -1.24. The van der Waals surface area contributed by atoms with E-state index in [1.807, 2.05) is 36.4 Å². The molecular formula is C22H25NO5. The maximum absolute atomic E-state index is 12.7. The van der Waals surface area contributed by atoms with E-state index in [1.54, 1.807) is 6.92 Å². The van der Waals surface area contributed by atoms with E-state index in [4.69, 9.17) is 9.47 Å². The van der Waals surface area contributed by atoms with E-state index in [-0.39, 0.29) is 12.5 Å². The summed E-state index contributed by atoms with van der Waals surface area (Å²) in [5.41, 5.74) is 2.93. The van der Waals surface area contributed by atoms with Gasteiger partial charge in [0.25, 0.3) is 0 Å². The fraction of sp³-hybridized carbons (Fsp3) is 0.364. The van der Waals surface area contributed by atoms with Gasteiger partial charge in [-0.15, -0.1) is 0 Å². The van der Waals surface area contributed by atoms with E-state index in [0.29, 0.717) is 0 Å². The van der Waals surface area contributed by atoms with Crippen molar-refractivity contribution in [3.63, 3.8) is 0 Å². The molecule has 6 heteroatoms. The number of nitrogens with zero attached hydrogens (tertiary/aromatic N) is 1. The van der Waals surface area contributed by atoms with E-state index < -0.39 is 23.7 Å². The first-order chi connectivity index (χ1) is 13.3. The monoisotopic (exact) mass is 383 g/mol. The Balaban J connectivity index is 1.80. The van der Waals surface area contributed by atoms with Crippen LogP contribution in [0, 0.1) is 0 Å². The molecule has 2 unspecified atom stereocenters. The molecule has 0 saturated carbocycles. The fourth-order valence-electron chi connectivity index (χ4n) is 3.70. The van der Waals surface area contributed by atoms with Crippen LogP contribution in [0.3, 0.4) is 0 Å². The van der Waals surface area contributed by atoms with Crippen molar-refractivity contribution < 1.29 is 24.2 Å². The minimum atomic E-state index is -1.54. The normalized spacial score (nSPS) is 15.9. The summed E-state index contributed by atoms with van der Waals surface area (Å²) in [6.07, 6.45) is -1.41. The van der Waals surface area contributed by atoms with Crippen LogP contribution >= 0.6 is 0 Å². The van der Waals surface area contributed by atoms with Gasteiger partial charge in [0.2, 0.25) is 0 Å². The highest BCUT2D eigenvalue weighted by atomic mass is 16.6. The molecule has 2 aromatic carbocycles. The van der Waals surface area contributed by atoms with Crippen molar-refractivity contribution in [3.8, 4) is 11.1 Å². The zero-order chi connectivity index (χ0) is 20.5. The van der Waals surface area contributed by atoms with Crippen LogP contribution in [0.15, 0.2) is 48.5 Å². The van der Waals surface area contributed by atoms with Gasteiger partial charge in [0.1, 0.15) is 6.61 Å². The van der Waals surface area contributed by atoms with E-state index in [1.165, 1.54) is 21.1 Å². The molecule has 1 aliphatic rings. The number of hydrogen-bond acceptors (Lipinski definition) is 4. The third-order valence-electron chi connectivity index (χ3n) is 5.88. The number of carboxylic acids is 1. The van der Waals surface area contributed by atoms with Gasteiger partial charge in [-0.05, 0) is 36.1 Å². The molecule has 0 aromatic heterocycles. The van der Waals surface area contributed by atoms with E-state index >= 15 is 0 Å². The largest absolute Gasteiger partial charge is 0.479 e. The van der Waals surface area contributed by atoms with Crippen LogP contribution in [-0.2, 0) is 14.3 Å². The smallest absolute Gasteiger partial charge is 0.410 e. The quantitative estimate of drug-likeness (QED) is 0.822. The molecule has 3 rings (SSSR count). The Bertz CT molecular complexity index is 851. The van der Waals surface area contributed by atoms with Crippen LogP contribution in [0.5, 0.6) is 0 Å². The third kappa shape index (κ3) is 3.14. The van der Waals surface area contributed by atoms with Crippen molar-refractivity contribution in [3.05, 3.63) is 59.7 Å². The van der Waals surface area contributed by atoms with Crippen molar-refractivity contribution in [2.45, 2.75) is 31.4 Å². The number of benzene rings is 2. The van der Waals surface area contributed by atoms with Gasteiger partial charge in [-0.25, -0.2) is 9.59 Å². The Labute approximate surface area is 164 Å². The molecule has 0 radical (unpaired) electrons. The Hall–Kier alpha value is -2.86. The minimum Gasteiger partial charge on any atom is -0.479 e. The van der Waals surface area contributed by atoms with Crippen LogP contribution in [0.25, 0.3) is 11.1 Å². The molecule has 0 spiro atoms. The van der Waals surface area contributed by atoms with Gasteiger partial charge in [0, 0.05) is 20.1 Å². The molecule has 1 aliphatic carbocycles. The van der Waals surface area contributed by atoms with Crippen LogP contribution in [0.4, 0.5) is 4.79 Å². The Kier molecular flexibility index (Phi) is 5.42. The molecule has 148 valence electrons. The first-order valence-electron chi connectivity index (χ1n) is 9.17. The molecule has 0 heterocycles. The highest BCUT2D eigenvalue weighted by Gasteiger charge is 2.46. The zero-order valence-electron chi connectivity index (χ0n) is 16.5. The molecule has 2 aromatic rings. The molecule has 0 aliphatic heterocycles. The molecule has 2 atom stereocenters. The second-order valence-corrected chi connectivity index (χ2v) is 7.19. The Morgan fingerprint density at radius 3 is 2.07 bits per heavy atom. The maximum atomic E-state index is 12.7. The highest BCUT2D eigenvalue weighted by Crippen LogP contribution is 2.44. The number of carbonyl (C=O) groups is 2. The molecule has 0 fully saturated rings. The zero-order valence-corrected chi connectivity index (χ0v) is 16.5. The number of ether oxygens (including phenoxy) is 2. The molecule has 1 amide bonds. The van der Waals surface area contributed by atoms with Gasteiger partial charge in [0.15, 0.2) is 5.54 Å². The van der Waals surface area contributed by atoms with Gasteiger partial charge in [-0.3, -0.25) is 4.90 Å². The highest BCUT2D eigenvalue weighted by molar-refractivity contribution is 5.85. The van der Waals surface area contributed by atoms with Crippen molar-refractivity contribution >= 4 is 12.1 Å². The summed E-state index contributed by atoms with van der Waals surface area (Å²) < 4.78 is 10.7. The minimum absolute atomic E-state index is 0.0827. The van der Waals surface area contributed by atoms with Gasteiger partial charge in [0.05, 0.1) is 6.10 Å². The Morgan fingerprint density at radius 2 is 1.61 bits per heavy atom. The lowest BCUT2D eigenvalue weighted by Crippen LogP contribution is -2.60. The second-order valence-electron chi connectivity index (χ2n) is 7.19. The van der Waals surface area contributed by atoms with Gasteiger partial charge >= 0.3 is 12.1 Å². The number of aliphatic carboxylic acids is 1. The third-order valence-corrected chi connectivity index (χ3v) is 5.88. The first kappa shape index (κ1) is 19.9. The summed E-state index contributed by atoms with van der Waals surface area (Å²) in [6, 6.07) is 16.1. The number of carboxylic acid groups (broad SMARTS) is 1. The molecular weight excluding hydrogens is 358 g/mol. The first-order valence-corrected chi connectivity index (χ1v) is 9.17. The van der Waals surface area contributed by atoms with Crippen LogP contribution in [-0.4, -0.2) is 54.5 Å². The number of carbonyl (C=O) groups excluding carboxylic acids is 1. The number of fused-ring (bicyclic) bond motifs is 3. The van der Waals surface area contributed by atoms with Crippen LogP contribution in [0.1, 0.15) is 30.9 Å². The van der Waals surface area contributed by atoms with Gasteiger partial charge < -0.3 is 14.6 Å².